The van der Waals surface area contributed by atoms with E-state index in [0.717, 1.165) is 31.2 Å². The summed E-state index contributed by atoms with van der Waals surface area (Å²) >= 11 is 12.4. The molecule has 6 heteroatoms. The molecule has 1 aliphatic carbocycles. The van der Waals surface area contributed by atoms with Crippen LogP contribution in [-0.2, 0) is 5.60 Å². The number of halogens is 2. The minimum Gasteiger partial charge on any atom is -0.483 e. The molecule has 120 valence electrons. The molecule has 0 amide bonds. The van der Waals surface area contributed by atoms with Crippen molar-refractivity contribution < 1.29 is 9.66 Å². The number of non-ortho nitro benzene ring substituents is 1. The Balaban J connectivity index is 1.93. The second kappa shape index (κ2) is 6.38. The van der Waals surface area contributed by atoms with Gasteiger partial charge in [-0.05, 0) is 49.9 Å². The van der Waals surface area contributed by atoms with Gasteiger partial charge in [0.25, 0.3) is 5.69 Å². The van der Waals surface area contributed by atoms with E-state index in [1.807, 2.05) is 12.1 Å². The van der Waals surface area contributed by atoms with Crippen LogP contribution in [0.3, 0.4) is 0 Å². The van der Waals surface area contributed by atoms with Crippen LogP contribution < -0.4 is 4.74 Å². The molecule has 0 aromatic heterocycles. The third kappa shape index (κ3) is 3.28. The van der Waals surface area contributed by atoms with Crippen LogP contribution in [0.2, 0.25) is 10.0 Å². The maximum absolute atomic E-state index is 10.8. The molecule has 1 saturated carbocycles. The van der Waals surface area contributed by atoms with Crippen LogP contribution in [0.25, 0.3) is 0 Å². The molecule has 0 N–H and O–H groups in total. The highest BCUT2D eigenvalue weighted by atomic mass is 35.5. The van der Waals surface area contributed by atoms with Gasteiger partial charge in [0.2, 0.25) is 0 Å². The summed E-state index contributed by atoms with van der Waals surface area (Å²) < 4.78 is 6.25. The molecule has 23 heavy (non-hydrogen) atoms. The lowest BCUT2D eigenvalue weighted by Crippen LogP contribution is -2.30. The summed E-state index contributed by atoms with van der Waals surface area (Å²) in [5.41, 5.74) is 0.458. The minimum atomic E-state index is -0.502. The van der Waals surface area contributed by atoms with Crippen molar-refractivity contribution in [3.8, 4) is 5.75 Å². The average molecular weight is 352 g/mol. The molecule has 0 spiro atoms. The number of benzene rings is 2. The summed E-state index contributed by atoms with van der Waals surface area (Å²) in [6, 6.07) is 11.6. The number of hydrogen-bond donors (Lipinski definition) is 0. The smallest absolute Gasteiger partial charge is 0.269 e. The first-order valence-electron chi connectivity index (χ1n) is 7.39. The summed E-state index contributed by atoms with van der Waals surface area (Å²) in [4.78, 5) is 10.3. The van der Waals surface area contributed by atoms with Gasteiger partial charge >= 0.3 is 0 Å². The fourth-order valence-corrected chi connectivity index (χ4v) is 3.67. The van der Waals surface area contributed by atoms with E-state index in [2.05, 4.69) is 0 Å². The molecule has 4 nitrogen and oxygen atoms in total. The molecule has 0 atom stereocenters. The summed E-state index contributed by atoms with van der Waals surface area (Å²) in [6.45, 7) is 0. The van der Waals surface area contributed by atoms with Gasteiger partial charge in [-0.15, -0.1) is 0 Å². The minimum absolute atomic E-state index is 0.0438. The highest BCUT2D eigenvalue weighted by Crippen LogP contribution is 2.45. The van der Waals surface area contributed by atoms with Crippen LogP contribution >= 0.6 is 23.2 Å². The number of rotatable bonds is 4. The van der Waals surface area contributed by atoms with Crippen LogP contribution in [0, 0.1) is 10.1 Å². The number of hydrogen-bond acceptors (Lipinski definition) is 3. The molecular formula is C17H15Cl2NO3. The van der Waals surface area contributed by atoms with Crippen molar-refractivity contribution >= 4 is 28.9 Å². The normalized spacial score (nSPS) is 16.3. The predicted octanol–water partition coefficient (Wildman–Crippen LogP) is 5.75. The lowest BCUT2D eigenvalue weighted by Gasteiger charge is -2.31. The van der Waals surface area contributed by atoms with Gasteiger partial charge in [0.15, 0.2) is 0 Å². The first kappa shape index (κ1) is 16.1. The van der Waals surface area contributed by atoms with Gasteiger partial charge in [-0.3, -0.25) is 10.1 Å². The maximum Gasteiger partial charge on any atom is 0.269 e. The van der Waals surface area contributed by atoms with Gasteiger partial charge < -0.3 is 4.74 Å². The maximum atomic E-state index is 10.8. The molecular weight excluding hydrogens is 337 g/mol. The Morgan fingerprint density at radius 2 is 1.70 bits per heavy atom. The quantitative estimate of drug-likeness (QED) is 0.520. The summed E-state index contributed by atoms with van der Waals surface area (Å²) in [5, 5.41) is 11.9. The van der Waals surface area contributed by atoms with E-state index in [-0.39, 0.29) is 5.69 Å². The zero-order valence-corrected chi connectivity index (χ0v) is 13.8. The molecule has 0 bridgehead atoms. The van der Waals surface area contributed by atoms with Gasteiger partial charge in [0.1, 0.15) is 11.4 Å². The first-order chi connectivity index (χ1) is 11.0. The van der Waals surface area contributed by atoms with Crippen LogP contribution in [0.1, 0.15) is 31.2 Å². The SMILES string of the molecule is O=[N+]([O-])c1ccc(OC2(c3ccc(Cl)cc3Cl)CCCC2)cc1. The second-order valence-electron chi connectivity index (χ2n) is 5.68. The van der Waals surface area contributed by atoms with Gasteiger partial charge in [-0.2, -0.15) is 0 Å². The average Bonchev–Trinajstić information content (AvgIpc) is 2.97. The Labute approximate surface area is 144 Å². The zero-order valence-electron chi connectivity index (χ0n) is 12.3. The van der Waals surface area contributed by atoms with Crippen molar-refractivity contribution in [1.82, 2.24) is 0 Å². The van der Waals surface area contributed by atoms with E-state index < -0.39 is 10.5 Å². The van der Waals surface area contributed by atoms with Gasteiger partial charge in [-0.25, -0.2) is 0 Å². The third-order valence-corrected chi connectivity index (χ3v) is 4.74. The fourth-order valence-electron chi connectivity index (χ4n) is 3.09. The number of nitrogens with zero attached hydrogens (tertiary/aromatic N) is 1. The standard InChI is InChI=1S/C17H15Cl2NO3/c18-12-3-8-15(16(19)11-12)17(9-1-2-10-17)23-14-6-4-13(5-7-14)20(21)22/h3-8,11H,1-2,9-10H2. The van der Waals surface area contributed by atoms with Crippen LogP contribution in [0.5, 0.6) is 5.75 Å². The van der Waals surface area contributed by atoms with Crippen LogP contribution in [0.4, 0.5) is 5.69 Å². The number of nitro groups is 1. The summed E-state index contributed by atoms with van der Waals surface area (Å²) in [7, 11) is 0. The molecule has 0 aliphatic heterocycles. The number of ether oxygens (including phenoxy) is 1. The Kier molecular flexibility index (Phi) is 4.46. The lowest BCUT2D eigenvalue weighted by atomic mass is 9.91. The molecule has 1 fully saturated rings. The molecule has 2 aromatic carbocycles. The van der Waals surface area contributed by atoms with Gasteiger partial charge in [-0.1, -0.05) is 29.3 Å². The summed E-state index contributed by atoms with van der Waals surface area (Å²) in [5.74, 6) is 0.600. The Morgan fingerprint density at radius 3 is 2.26 bits per heavy atom. The van der Waals surface area contributed by atoms with E-state index in [9.17, 15) is 10.1 Å². The Morgan fingerprint density at radius 1 is 1.04 bits per heavy atom. The van der Waals surface area contributed by atoms with Crippen molar-refractivity contribution in [2.24, 2.45) is 0 Å². The second-order valence-corrected chi connectivity index (χ2v) is 6.52. The number of nitro benzene ring substituents is 1. The van der Waals surface area contributed by atoms with E-state index in [4.69, 9.17) is 27.9 Å². The van der Waals surface area contributed by atoms with Gasteiger partial charge in [0.05, 0.1) is 4.92 Å². The van der Waals surface area contributed by atoms with E-state index in [1.54, 1.807) is 18.2 Å². The predicted molar refractivity (Wildman–Crippen MR) is 90.3 cm³/mol. The van der Waals surface area contributed by atoms with E-state index in [1.165, 1.54) is 12.1 Å². The van der Waals surface area contributed by atoms with Crippen LogP contribution in [-0.4, -0.2) is 4.92 Å². The zero-order chi connectivity index (χ0) is 16.4. The van der Waals surface area contributed by atoms with Crippen molar-refractivity contribution in [3.63, 3.8) is 0 Å². The molecule has 1 aliphatic rings. The third-order valence-electron chi connectivity index (χ3n) is 4.19. The topological polar surface area (TPSA) is 52.4 Å². The molecule has 0 saturated heterocycles. The molecule has 3 rings (SSSR count). The van der Waals surface area contributed by atoms with Crippen molar-refractivity contribution in [2.75, 3.05) is 0 Å². The Bertz CT molecular complexity index is 725. The van der Waals surface area contributed by atoms with Crippen molar-refractivity contribution in [1.29, 1.82) is 0 Å². The largest absolute Gasteiger partial charge is 0.483 e. The fraction of sp³-hybridized carbons (Fsp3) is 0.294. The monoisotopic (exact) mass is 351 g/mol. The van der Waals surface area contributed by atoms with Gasteiger partial charge in [0, 0.05) is 27.7 Å². The first-order valence-corrected chi connectivity index (χ1v) is 8.15. The Hall–Kier alpha value is -1.78. The molecule has 2 aromatic rings. The van der Waals surface area contributed by atoms with E-state index in [0.29, 0.717) is 15.8 Å². The van der Waals surface area contributed by atoms with E-state index >= 15 is 0 Å². The van der Waals surface area contributed by atoms with Crippen molar-refractivity contribution in [3.05, 3.63) is 68.2 Å². The highest BCUT2D eigenvalue weighted by Gasteiger charge is 2.39. The molecule has 0 unspecified atom stereocenters. The molecule has 0 radical (unpaired) electrons. The van der Waals surface area contributed by atoms with Crippen LogP contribution in [0.15, 0.2) is 42.5 Å². The lowest BCUT2D eigenvalue weighted by molar-refractivity contribution is -0.384. The van der Waals surface area contributed by atoms with Crippen molar-refractivity contribution in [2.45, 2.75) is 31.3 Å². The summed E-state index contributed by atoms with van der Waals surface area (Å²) in [6.07, 6.45) is 3.80. The highest BCUT2D eigenvalue weighted by molar-refractivity contribution is 6.35. The molecule has 0 heterocycles.